The van der Waals surface area contributed by atoms with Gasteiger partial charge in [-0.2, -0.15) is 0 Å². The Bertz CT molecular complexity index is 2560. The lowest BCUT2D eigenvalue weighted by molar-refractivity contribution is -0.125. The van der Waals surface area contributed by atoms with Crippen molar-refractivity contribution in [2.24, 2.45) is 17.8 Å². The van der Waals surface area contributed by atoms with Gasteiger partial charge >= 0.3 is 0 Å². The van der Waals surface area contributed by atoms with Gasteiger partial charge in [-0.15, -0.1) is 5.92 Å². The largest absolute Gasteiger partial charge is 0.310 e. The van der Waals surface area contributed by atoms with Gasteiger partial charge in [0.2, 0.25) is 0 Å². The van der Waals surface area contributed by atoms with Gasteiger partial charge in [-0.25, -0.2) is 0 Å². The fourth-order valence-corrected chi connectivity index (χ4v) is 15.0. The molecule has 0 aromatic heterocycles. The highest BCUT2D eigenvalue weighted by Gasteiger charge is 2.47. The molecule has 77 heavy (non-hydrogen) atoms. The molecule has 14 unspecified atom stereocenters. The second-order valence-electron chi connectivity index (χ2n) is 23.7. The highest BCUT2D eigenvalue weighted by Crippen LogP contribution is 2.45. The Morgan fingerprint density at radius 1 is 0.519 bits per heavy atom. The van der Waals surface area contributed by atoms with Crippen LogP contribution >= 0.6 is 22.6 Å². The third kappa shape index (κ3) is 14.7. The van der Waals surface area contributed by atoms with E-state index in [1.165, 1.54) is 62.7 Å². The third-order valence-electron chi connectivity index (χ3n) is 18.2. The fraction of sp³-hybridized carbons (Fsp3) is 0.559. The van der Waals surface area contributed by atoms with E-state index in [2.05, 4.69) is 167 Å². The van der Waals surface area contributed by atoms with E-state index in [1.807, 2.05) is 34.6 Å². The van der Waals surface area contributed by atoms with Gasteiger partial charge in [0.25, 0.3) is 0 Å². The lowest BCUT2D eigenvalue weighted by Gasteiger charge is -2.37. The van der Waals surface area contributed by atoms with Gasteiger partial charge < -0.3 is 21.3 Å². The summed E-state index contributed by atoms with van der Waals surface area (Å²) in [5.41, 5.74) is 9.89. The number of hydrogen-bond acceptors (Lipinski definition) is 8. The molecule has 3 aromatic rings. The van der Waals surface area contributed by atoms with Crippen molar-refractivity contribution < 1.29 is 19.2 Å². The second kappa shape index (κ2) is 27.7. The van der Waals surface area contributed by atoms with Crippen molar-refractivity contribution in [2.75, 3.05) is 0 Å². The van der Waals surface area contributed by atoms with Gasteiger partial charge in [-0.05, 0) is 195 Å². The molecule has 3 aromatic carbocycles. The Morgan fingerprint density at radius 2 is 0.922 bits per heavy atom. The van der Waals surface area contributed by atoms with E-state index in [9.17, 15) is 19.2 Å². The van der Waals surface area contributed by atoms with Crippen LogP contribution in [0.3, 0.4) is 0 Å². The maximum atomic E-state index is 12.5. The van der Waals surface area contributed by atoms with Crippen molar-refractivity contribution in [1.29, 1.82) is 0 Å². The van der Waals surface area contributed by atoms with Gasteiger partial charge in [0, 0.05) is 103 Å². The standard InChI is InChI=1S/C20H27NO.C19H24INO.C19H23NO.C10H15NO/c1-4-19(22)20-17(12-16-9-10-18(20)21-16)15-7-5-14(6-8-15)11-13(2)3;1-3-18(22)19-16(11-15-8-9-17(19)21-15)14-6-4-13(5-7-14)10-12(2)20;1-3-5-13-6-8-14(9-7-13)16-12-15-10-11-17(20-15)19(16)18(21)4-2;1-2-10(12)8-5-3-7-4-6-9(8)11-7/h5-8,11,16-18,20-21H,4,9-10,12H2,1-3H3;4-7,10,15-17,19,21H,3,8-9,11H2,1-2H3;6-9,15-17,19-20H,4,10-12H2,1-2H3;5,7,9,11H,2-4,6H2,1H3/b;12-10-;;. The summed E-state index contributed by atoms with van der Waals surface area (Å²) in [6, 6.07) is 30.2. The first-order valence-corrected chi connectivity index (χ1v) is 30.8. The Labute approximate surface area is 476 Å². The van der Waals surface area contributed by atoms with Crippen LogP contribution in [0.25, 0.3) is 12.2 Å². The van der Waals surface area contributed by atoms with Crippen molar-refractivity contribution in [3.8, 4) is 11.8 Å². The summed E-state index contributed by atoms with van der Waals surface area (Å²) in [7, 11) is 0. The van der Waals surface area contributed by atoms with Crippen LogP contribution < -0.4 is 21.3 Å². The van der Waals surface area contributed by atoms with Gasteiger partial charge in [0.05, 0.1) is 0 Å². The topological polar surface area (TPSA) is 116 Å². The Hall–Kier alpha value is -4.31. The van der Waals surface area contributed by atoms with E-state index in [-0.39, 0.29) is 17.8 Å². The number of piperidine rings is 3. The van der Waals surface area contributed by atoms with Crippen molar-refractivity contribution >= 4 is 57.9 Å². The van der Waals surface area contributed by atoms with E-state index in [1.54, 1.807) is 0 Å². The zero-order chi connectivity index (χ0) is 54.8. The number of halogens is 1. The first-order chi connectivity index (χ1) is 37.2. The number of allylic oxidation sites excluding steroid dienone is 2. The molecule has 0 aliphatic carbocycles. The van der Waals surface area contributed by atoms with Gasteiger partial charge in [-0.3, -0.25) is 19.2 Å². The summed E-state index contributed by atoms with van der Waals surface area (Å²) in [6.45, 7) is 16.1. The number of Topliss-reactive ketones (excluding diaryl/α,β-unsaturated/α-hetero) is 4. The number of carbonyl (C=O) groups excluding carboxylic acids is 4. The molecular weight excluding hydrogens is 1060 g/mol. The number of carbonyl (C=O) groups is 4. The minimum absolute atomic E-state index is 0.150. The first kappa shape index (κ1) is 58.8. The van der Waals surface area contributed by atoms with E-state index >= 15 is 0 Å². The number of nitrogens with one attached hydrogen (secondary N) is 4. The maximum Gasteiger partial charge on any atom is 0.159 e. The number of rotatable bonds is 13. The van der Waals surface area contributed by atoms with Crippen LogP contribution in [0.2, 0.25) is 0 Å². The number of benzene rings is 3. The van der Waals surface area contributed by atoms with Crippen LogP contribution in [-0.2, 0) is 19.2 Å². The molecule has 11 rings (SSSR count). The SMILES string of the molecule is CC#Cc1ccc(C2CC3CCC(N3)C2C(=O)CC)cc1.CCC(=O)C1=CCC2CCC1N2.CCC(=O)C1C2CCC(CC1c1ccc(/C=C(/C)I)cc1)N2.CCC(=O)C1C2CCC(CC1c1ccc(C=C(C)C)cc1)N2. The van der Waals surface area contributed by atoms with Crippen LogP contribution in [-0.4, -0.2) is 71.5 Å². The molecule has 7 fully saturated rings. The van der Waals surface area contributed by atoms with Gasteiger partial charge in [0.1, 0.15) is 17.3 Å². The summed E-state index contributed by atoms with van der Waals surface area (Å²) in [4.78, 5) is 48.9. The molecule has 14 atom stereocenters. The molecule has 8 nitrogen and oxygen atoms in total. The van der Waals surface area contributed by atoms with Crippen LogP contribution in [0, 0.1) is 29.6 Å². The van der Waals surface area contributed by atoms with Crippen molar-refractivity contribution in [1.82, 2.24) is 21.3 Å². The summed E-state index contributed by atoms with van der Waals surface area (Å²) < 4.78 is 1.28. The minimum Gasteiger partial charge on any atom is -0.310 e. The number of ketones is 4. The summed E-state index contributed by atoms with van der Waals surface area (Å²) in [5, 5.41) is 14.4. The molecule has 412 valence electrons. The first-order valence-electron chi connectivity index (χ1n) is 29.8. The molecule has 9 heteroatoms. The Balaban J connectivity index is 0.000000138. The molecule has 8 heterocycles. The summed E-state index contributed by atoms with van der Waals surface area (Å²) >= 11 is 2.34. The quantitative estimate of drug-likeness (QED) is 0.0988. The molecule has 0 amide bonds. The lowest BCUT2D eigenvalue weighted by atomic mass is 9.74. The van der Waals surface area contributed by atoms with E-state index < -0.39 is 0 Å². The van der Waals surface area contributed by atoms with E-state index in [0.29, 0.717) is 115 Å². The van der Waals surface area contributed by atoms with Crippen LogP contribution in [0.4, 0.5) is 0 Å². The molecule has 0 saturated carbocycles. The fourth-order valence-electron chi connectivity index (χ4n) is 14.6. The average molecular weight is 1150 g/mol. The monoisotopic (exact) mass is 1150 g/mol. The molecule has 7 saturated heterocycles. The van der Waals surface area contributed by atoms with Crippen LogP contribution in [0.5, 0.6) is 0 Å². The zero-order valence-corrected chi connectivity index (χ0v) is 49.7. The number of fused-ring (bicyclic) bond motifs is 8. The van der Waals surface area contributed by atoms with Crippen molar-refractivity contribution in [3.05, 3.63) is 127 Å². The smallest absolute Gasteiger partial charge is 0.159 e. The minimum atomic E-state index is 0.150. The van der Waals surface area contributed by atoms with Gasteiger partial charge in [0.15, 0.2) is 5.78 Å². The lowest BCUT2D eigenvalue weighted by Crippen LogP contribution is -2.47. The summed E-state index contributed by atoms with van der Waals surface area (Å²) in [5.74, 6) is 9.25. The van der Waals surface area contributed by atoms with Crippen molar-refractivity contribution in [3.63, 3.8) is 0 Å². The molecule has 0 radical (unpaired) electrons. The van der Waals surface area contributed by atoms with Gasteiger partial charge in [-0.1, -0.05) is 112 Å². The van der Waals surface area contributed by atoms with Crippen LogP contribution in [0.1, 0.15) is 209 Å². The highest BCUT2D eigenvalue weighted by molar-refractivity contribution is 14.1. The van der Waals surface area contributed by atoms with E-state index in [4.69, 9.17) is 0 Å². The molecule has 8 aliphatic heterocycles. The van der Waals surface area contributed by atoms with Crippen LogP contribution in [0.15, 0.2) is 93.6 Å². The molecule has 0 spiro atoms. The normalized spacial score (nSPS) is 31.1. The summed E-state index contributed by atoms with van der Waals surface area (Å²) in [6.07, 6.45) is 23.0. The Morgan fingerprint density at radius 3 is 1.30 bits per heavy atom. The Kier molecular flexibility index (Phi) is 21.2. The average Bonchev–Trinajstić information content (AvgIpc) is 4.24. The predicted molar refractivity (Wildman–Crippen MR) is 325 cm³/mol. The predicted octanol–water partition coefficient (Wildman–Crippen LogP) is 13.7. The molecule has 8 aliphatic rings. The second-order valence-corrected chi connectivity index (χ2v) is 25.4. The molecule has 8 bridgehead atoms. The molecule has 4 N–H and O–H groups in total. The maximum absolute atomic E-state index is 12.5. The van der Waals surface area contributed by atoms with E-state index in [0.717, 1.165) is 62.5 Å². The van der Waals surface area contributed by atoms with Crippen molar-refractivity contribution in [2.45, 2.75) is 224 Å². The highest BCUT2D eigenvalue weighted by atomic mass is 127. The number of hydrogen-bond donors (Lipinski definition) is 4. The molecular formula is C68H89IN4O4. The third-order valence-corrected chi connectivity index (χ3v) is 18.6. The zero-order valence-electron chi connectivity index (χ0n) is 47.6.